The van der Waals surface area contributed by atoms with Crippen LogP contribution in [-0.4, -0.2) is 60.8 Å². The van der Waals surface area contributed by atoms with Crippen molar-refractivity contribution in [1.29, 1.82) is 0 Å². The highest BCUT2D eigenvalue weighted by Crippen LogP contribution is 2.30. The topological polar surface area (TPSA) is 73.5 Å². The van der Waals surface area contributed by atoms with Gasteiger partial charge in [-0.15, -0.1) is 0 Å². The minimum atomic E-state index is -0.323. The van der Waals surface area contributed by atoms with Crippen molar-refractivity contribution in [2.45, 2.75) is 13.0 Å². The van der Waals surface area contributed by atoms with Gasteiger partial charge in [-0.25, -0.2) is 4.39 Å². The first-order valence-electron chi connectivity index (χ1n) is 8.82. The summed E-state index contributed by atoms with van der Waals surface area (Å²) in [6.07, 6.45) is 0.869. The fraction of sp³-hybridized carbons (Fsp3) is 0.444. The van der Waals surface area contributed by atoms with E-state index in [1.807, 2.05) is 4.90 Å². The Bertz CT molecular complexity index is 814. The number of H-pyrrole nitrogens is 1. The summed E-state index contributed by atoms with van der Waals surface area (Å²) in [5.41, 5.74) is 3.42. The fourth-order valence-electron chi connectivity index (χ4n) is 3.62. The number of nitrogens with zero attached hydrogens (tertiary/aromatic N) is 3. The van der Waals surface area contributed by atoms with Crippen molar-refractivity contribution < 1.29 is 13.9 Å². The van der Waals surface area contributed by atoms with Crippen molar-refractivity contribution >= 4 is 11.6 Å². The summed E-state index contributed by atoms with van der Waals surface area (Å²) >= 11 is 0. The average molecular weight is 359 g/mol. The second-order valence-electron chi connectivity index (χ2n) is 6.55. The molecule has 0 bridgehead atoms. The van der Waals surface area contributed by atoms with Crippen molar-refractivity contribution in [1.82, 2.24) is 20.4 Å². The van der Waals surface area contributed by atoms with E-state index < -0.39 is 0 Å². The van der Waals surface area contributed by atoms with Crippen molar-refractivity contribution in [3.63, 3.8) is 0 Å². The number of hydrogen-bond acceptors (Lipinski definition) is 5. The smallest absolute Gasteiger partial charge is 0.274 e. The molecular weight excluding hydrogens is 337 g/mol. The van der Waals surface area contributed by atoms with Gasteiger partial charge in [-0.05, 0) is 12.1 Å². The maximum atomic E-state index is 13.4. The monoisotopic (exact) mass is 359 g/mol. The van der Waals surface area contributed by atoms with Gasteiger partial charge in [0.25, 0.3) is 5.91 Å². The van der Waals surface area contributed by atoms with Crippen LogP contribution in [0.15, 0.2) is 18.2 Å². The van der Waals surface area contributed by atoms with Gasteiger partial charge in [0, 0.05) is 63.0 Å². The largest absolute Gasteiger partial charge is 0.494 e. The standard InChI is InChI=1S/C18H22FN5O2/c1-26-16-10-12(19)2-3-15(16)23-6-8-24(9-7-23)18(25)17-13-11-20-5-4-14(13)21-22-17/h2-3,10,20H,4-9,11H2,1H3,(H,21,22). The Morgan fingerprint density at radius 2 is 2.08 bits per heavy atom. The second-order valence-corrected chi connectivity index (χ2v) is 6.55. The third-order valence-corrected chi connectivity index (χ3v) is 5.06. The summed E-state index contributed by atoms with van der Waals surface area (Å²) in [6.45, 7) is 4.10. The Kier molecular flexibility index (Phi) is 4.50. The molecule has 3 heterocycles. The molecule has 2 aliphatic heterocycles. The van der Waals surface area contributed by atoms with E-state index >= 15 is 0 Å². The van der Waals surface area contributed by atoms with Crippen molar-refractivity contribution in [3.8, 4) is 5.75 Å². The number of halogens is 1. The average Bonchev–Trinajstić information content (AvgIpc) is 3.11. The number of carbonyl (C=O) groups excluding carboxylic acids is 1. The predicted octanol–water partition coefficient (Wildman–Crippen LogP) is 1.17. The van der Waals surface area contributed by atoms with Crippen LogP contribution in [0.3, 0.4) is 0 Å². The summed E-state index contributed by atoms with van der Waals surface area (Å²) in [5.74, 6) is 0.158. The maximum Gasteiger partial charge on any atom is 0.274 e. The van der Waals surface area contributed by atoms with Gasteiger partial charge in [0.1, 0.15) is 11.6 Å². The molecule has 7 nitrogen and oxygen atoms in total. The highest BCUT2D eigenvalue weighted by atomic mass is 19.1. The molecule has 4 rings (SSSR count). The van der Waals surface area contributed by atoms with Gasteiger partial charge in [0.15, 0.2) is 5.69 Å². The first-order chi connectivity index (χ1) is 12.7. The van der Waals surface area contributed by atoms with Crippen molar-refractivity contribution in [2.75, 3.05) is 44.7 Å². The number of aromatic amines is 1. The van der Waals surface area contributed by atoms with E-state index in [1.165, 1.54) is 19.2 Å². The number of nitrogens with one attached hydrogen (secondary N) is 2. The first kappa shape index (κ1) is 16.8. The number of amides is 1. The lowest BCUT2D eigenvalue weighted by atomic mass is 10.1. The Morgan fingerprint density at radius 1 is 1.27 bits per heavy atom. The van der Waals surface area contributed by atoms with Gasteiger partial charge in [0.2, 0.25) is 0 Å². The van der Waals surface area contributed by atoms with Crippen LogP contribution >= 0.6 is 0 Å². The van der Waals surface area contributed by atoms with E-state index in [-0.39, 0.29) is 11.7 Å². The molecule has 1 fully saturated rings. The number of fused-ring (bicyclic) bond motifs is 1. The third kappa shape index (κ3) is 3.01. The number of ether oxygens (including phenoxy) is 1. The SMILES string of the molecule is COc1cc(F)ccc1N1CCN(C(=O)c2n[nH]c3c2CNCC3)CC1. The van der Waals surface area contributed by atoms with Crippen molar-refractivity contribution in [2.24, 2.45) is 0 Å². The summed E-state index contributed by atoms with van der Waals surface area (Å²) in [4.78, 5) is 16.8. The summed E-state index contributed by atoms with van der Waals surface area (Å²) < 4.78 is 18.7. The molecular formula is C18H22FN5O2. The molecule has 0 aliphatic carbocycles. The quantitative estimate of drug-likeness (QED) is 0.861. The normalized spacial score (nSPS) is 17.2. The summed E-state index contributed by atoms with van der Waals surface area (Å²) in [7, 11) is 1.53. The number of carbonyl (C=O) groups is 1. The van der Waals surface area contributed by atoms with Gasteiger partial charge in [-0.1, -0.05) is 0 Å². The van der Waals surface area contributed by atoms with Gasteiger partial charge in [-0.2, -0.15) is 5.10 Å². The lowest BCUT2D eigenvalue weighted by Crippen LogP contribution is -2.49. The number of aromatic nitrogens is 2. The number of hydrogen-bond donors (Lipinski definition) is 2. The molecule has 2 aliphatic rings. The van der Waals surface area contributed by atoms with Crippen molar-refractivity contribution in [3.05, 3.63) is 41.0 Å². The molecule has 138 valence electrons. The van der Waals surface area contributed by atoms with Crippen LogP contribution in [0.4, 0.5) is 10.1 Å². The highest BCUT2D eigenvalue weighted by molar-refractivity contribution is 5.94. The minimum Gasteiger partial charge on any atom is -0.494 e. The maximum absolute atomic E-state index is 13.4. The van der Waals surface area contributed by atoms with Crippen LogP contribution in [0.5, 0.6) is 5.75 Å². The molecule has 0 saturated carbocycles. The second kappa shape index (κ2) is 6.95. The Hall–Kier alpha value is -2.61. The number of anilines is 1. The molecule has 0 radical (unpaired) electrons. The van der Waals surface area contributed by atoms with Gasteiger partial charge < -0.3 is 19.9 Å². The van der Waals surface area contributed by atoms with Crippen LogP contribution in [0.25, 0.3) is 0 Å². The Labute approximate surface area is 151 Å². The lowest BCUT2D eigenvalue weighted by Gasteiger charge is -2.36. The zero-order valence-electron chi connectivity index (χ0n) is 14.7. The van der Waals surface area contributed by atoms with Gasteiger partial charge in [-0.3, -0.25) is 9.89 Å². The molecule has 0 atom stereocenters. The third-order valence-electron chi connectivity index (χ3n) is 5.06. The van der Waals surface area contributed by atoms with E-state index in [1.54, 1.807) is 6.07 Å². The van der Waals surface area contributed by atoms with Gasteiger partial charge in [0.05, 0.1) is 12.8 Å². The van der Waals surface area contributed by atoms with Crippen LogP contribution in [0.2, 0.25) is 0 Å². The van der Waals surface area contributed by atoms with Crippen LogP contribution in [-0.2, 0) is 13.0 Å². The Balaban J connectivity index is 1.45. The molecule has 1 saturated heterocycles. The van der Waals surface area contributed by atoms with Crippen LogP contribution in [0.1, 0.15) is 21.7 Å². The zero-order valence-corrected chi connectivity index (χ0v) is 14.7. The lowest BCUT2D eigenvalue weighted by molar-refractivity contribution is 0.0739. The number of piperazine rings is 1. The van der Waals surface area contributed by atoms with Crippen LogP contribution < -0.4 is 15.0 Å². The molecule has 2 N–H and O–H groups in total. The van der Waals surface area contributed by atoms with Gasteiger partial charge >= 0.3 is 0 Å². The highest BCUT2D eigenvalue weighted by Gasteiger charge is 2.28. The van der Waals surface area contributed by atoms with E-state index in [2.05, 4.69) is 20.4 Å². The number of methoxy groups -OCH3 is 1. The zero-order chi connectivity index (χ0) is 18.1. The van der Waals surface area contributed by atoms with Crippen LogP contribution in [0, 0.1) is 5.82 Å². The summed E-state index contributed by atoms with van der Waals surface area (Å²) in [5, 5.41) is 10.5. The number of rotatable bonds is 3. The molecule has 26 heavy (non-hydrogen) atoms. The molecule has 8 heteroatoms. The fourth-order valence-corrected chi connectivity index (χ4v) is 3.62. The molecule has 0 unspecified atom stereocenters. The van der Waals surface area contributed by atoms with E-state index in [0.717, 1.165) is 29.9 Å². The van der Waals surface area contributed by atoms with E-state index in [9.17, 15) is 9.18 Å². The molecule has 1 aromatic heterocycles. The predicted molar refractivity (Wildman–Crippen MR) is 95.1 cm³/mol. The first-order valence-corrected chi connectivity index (χ1v) is 8.82. The molecule has 1 amide bonds. The van der Waals surface area contributed by atoms with E-state index in [4.69, 9.17) is 4.74 Å². The number of benzene rings is 1. The minimum absolute atomic E-state index is 0.0306. The molecule has 0 spiro atoms. The molecule has 2 aromatic rings. The summed E-state index contributed by atoms with van der Waals surface area (Å²) in [6, 6.07) is 4.54. The Morgan fingerprint density at radius 3 is 2.85 bits per heavy atom. The molecule has 1 aromatic carbocycles. The van der Waals surface area contributed by atoms with E-state index in [0.29, 0.717) is 44.2 Å².